The molecule has 0 saturated heterocycles. The van der Waals surface area contributed by atoms with E-state index in [0.29, 0.717) is 27.4 Å². The lowest BCUT2D eigenvalue weighted by atomic mass is 10.0. The Bertz CT molecular complexity index is 1210. The summed E-state index contributed by atoms with van der Waals surface area (Å²) >= 11 is 6.19. The molecule has 156 valence electrons. The van der Waals surface area contributed by atoms with Crippen molar-refractivity contribution in [2.45, 2.75) is 13.5 Å². The van der Waals surface area contributed by atoms with E-state index in [-0.39, 0.29) is 17.8 Å². The summed E-state index contributed by atoms with van der Waals surface area (Å²) in [6.07, 6.45) is 0. The molecule has 0 unspecified atom stereocenters. The zero-order chi connectivity index (χ0) is 22.1. The van der Waals surface area contributed by atoms with Crippen LogP contribution >= 0.6 is 11.6 Å². The molecule has 0 fully saturated rings. The van der Waals surface area contributed by atoms with Crippen molar-refractivity contribution in [3.8, 4) is 0 Å². The fourth-order valence-corrected chi connectivity index (χ4v) is 3.54. The van der Waals surface area contributed by atoms with Crippen molar-refractivity contribution in [1.29, 1.82) is 0 Å². The van der Waals surface area contributed by atoms with Gasteiger partial charge in [0.05, 0.1) is 12.1 Å². The summed E-state index contributed by atoms with van der Waals surface area (Å²) in [7, 11) is 0. The number of hydrogen-bond acceptors (Lipinski definition) is 3. The van der Waals surface area contributed by atoms with Gasteiger partial charge < -0.3 is 5.32 Å². The maximum atomic E-state index is 13.4. The summed E-state index contributed by atoms with van der Waals surface area (Å²) in [6, 6.07) is 16.1. The summed E-state index contributed by atoms with van der Waals surface area (Å²) in [5, 5.41) is 3.56. The highest BCUT2D eigenvalue weighted by Gasteiger charge is 2.39. The molecule has 0 aliphatic carbocycles. The van der Waals surface area contributed by atoms with Gasteiger partial charge in [-0.1, -0.05) is 41.9 Å². The van der Waals surface area contributed by atoms with Crippen LogP contribution in [0, 0.1) is 18.6 Å². The van der Waals surface area contributed by atoms with E-state index in [4.69, 9.17) is 11.6 Å². The van der Waals surface area contributed by atoms with Gasteiger partial charge in [0.2, 0.25) is 0 Å². The monoisotopic (exact) mass is 438 g/mol. The van der Waals surface area contributed by atoms with Gasteiger partial charge in [-0.15, -0.1) is 0 Å². The zero-order valence-corrected chi connectivity index (χ0v) is 17.2. The Morgan fingerprint density at radius 3 is 2.13 bits per heavy atom. The lowest BCUT2D eigenvalue weighted by molar-refractivity contribution is -0.137. The number of carbonyl (C=O) groups is 2. The third-order valence-electron chi connectivity index (χ3n) is 5.08. The molecule has 1 N–H and O–H groups in total. The van der Waals surface area contributed by atoms with Gasteiger partial charge in [-0.25, -0.2) is 8.78 Å². The average molecular weight is 439 g/mol. The van der Waals surface area contributed by atoms with Gasteiger partial charge in [-0.05, 0) is 60.0 Å². The van der Waals surface area contributed by atoms with Crippen LogP contribution in [0.15, 0.2) is 72.4 Å². The molecule has 4 rings (SSSR count). The van der Waals surface area contributed by atoms with E-state index in [1.807, 2.05) is 0 Å². The Kier molecular flexibility index (Phi) is 5.57. The first-order valence-corrected chi connectivity index (χ1v) is 9.86. The van der Waals surface area contributed by atoms with Crippen LogP contribution in [0.3, 0.4) is 0 Å². The smallest absolute Gasteiger partial charge is 0.278 e. The molecule has 1 aliphatic rings. The predicted molar refractivity (Wildman–Crippen MR) is 115 cm³/mol. The topological polar surface area (TPSA) is 49.4 Å². The molecule has 3 aromatic carbocycles. The first kappa shape index (κ1) is 20.8. The van der Waals surface area contributed by atoms with Gasteiger partial charge in [0.1, 0.15) is 17.3 Å². The second-order valence-electron chi connectivity index (χ2n) is 7.12. The lowest BCUT2D eigenvalue weighted by Gasteiger charge is -2.16. The quantitative estimate of drug-likeness (QED) is 0.548. The van der Waals surface area contributed by atoms with E-state index in [1.165, 1.54) is 48.5 Å². The lowest BCUT2D eigenvalue weighted by Crippen LogP contribution is -2.32. The average Bonchev–Trinajstić information content (AvgIpc) is 2.98. The number of carbonyl (C=O) groups excluding carboxylic acids is 2. The largest absolute Gasteiger partial charge is 0.350 e. The minimum atomic E-state index is -0.534. The highest BCUT2D eigenvalue weighted by molar-refractivity contribution is 6.36. The number of amides is 2. The second kappa shape index (κ2) is 8.32. The maximum Gasteiger partial charge on any atom is 0.278 e. The van der Waals surface area contributed by atoms with Crippen LogP contribution in [0.2, 0.25) is 5.02 Å². The second-order valence-corrected chi connectivity index (χ2v) is 7.52. The number of halogens is 3. The van der Waals surface area contributed by atoms with E-state index in [0.717, 1.165) is 4.90 Å². The standard InChI is InChI=1S/C24H17ClF2N2O2/c1-14-19(25)3-2-4-20(14)28-22-21(16-7-11-18(27)12-8-16)23(30)29(24(22)31)13-15-5-9-17(26)10-6-15/h2-12,28H,13H2,1H3. The fraction of sp³-hybridized carbons (Fsp3) is 0.0833. The minimum absolute atomic E-state index is 0.0254. The van der Waals surface area contributed by atoms with Crippen LogP contribution in [0.1, 0.15) is 16.7 Å². The Labute approximate surface area is 182 Å². The van der Waals surface area contributed by atoms with Crippen molar-refractivity contribution in [3.63, 3.8) is 0 Å². The van der Waals surface area contributed by atoms with Crippen molar-refractivity contribution in [2.75, 3.05) is 5.32 Å². The van der Waals surface area contributed by atoms with Gasteiger partial charge in [0, 0.05) is 10.7 Å². The predicted octanol–water partition coefficient (Wildman–Crippen LogP) is 5.32. The number of nitrogens with zero attached hydrogens (tertiary/aromatic N) is 1. The molecule has 1 heterocycles. The van der Waals surface area contributed by atoms with Crippen molar-refractivity contribution < 1.29 is 18.4 Å². The van der Waals surface area contributed by atoms with Crippen LogP contribution in [-0.2, 0) is 16.1 Å². The number of imide groups is 1. The third kappa shape index (κ3) is 4.07. The molecule has 0 aromatic heterocycles. The maximum absolute atomic E-state index is 13.4. The minimum Gasteiger partial charge on any atom is -0.350 e. The highest BCUT2D eigenvalue weighted by atomic mass is 35.5. The Hall–Kier alpha value is -3.51. The summed E-state index contributed by atoms with van der Waals surface area (Å²) in [4.78, 5) is 27.6. The number of rotatable bonds is 5. The van der Waals surface area contributed by atoms with Crippen molar-refractivity contribution in [3.05, 3.63) is 106 Å². The summed E-state index contributed by atoms with van der Waals surface area (Å²) in [6.45, 7) is 1.77. The van der Waals surface area contributed by atoms with E-state index >= 15 is 0 Å². The highest BCUT2D eigenvalue weighted by Crippen LogP contribution is 2.33. The van der Waals surface area contributed by atoms with E-state index in [2.05, 4.69) is 5.32 Å². The number of benzene rings is 3. The molecule has 4 nitrogen and oxygen atoms in total. The molecule has 3 aromatic rings. The Morgan fingerprint density at radius 1 is 0.871 bits per heavy atom. The van der Waals surface area contributed by atoms with Gasteiger partial charge in [0.25, 0.3) is 11.8 Å². The summed E-state index contributed by atoms with van der Waals surface area (Å²) in [5.74, 6) is -1.92. The van der Waals surface area contributed by atoms with Gasteiger partial charge in [0.15, 0.2) is 0 Å². The van der Waals surface area contributed by atoms with Crippen LogP contribution in [0.25, 0.3) is 5.57 Å². The number of hydrogen-bond donors (Lipinski definition) is 1. The molecule has 0 spiro atoms. The SMILES string of the molecule is Cc1c(Cl)cccc1NC1=C(c2ccc(F)cc2)C(=O)N(Cc2ccc(F)cc2)C1=O. The number of anilines is 1. The molecule has 2 amide bonds. The van der Waals surface area contributed by atoms with Crippen molar-refractivity contribution in [2.24, 2.45) is 0 Å². The zero-order valence-electron chi connectivity index (χ0n) is 16.5. The van der Waals surface area contributed by atoms with Crippen LogP contribution in [-0.4, -0.2) is 16.7 Å². The van der Waals surface area contributed by atoms with Crippen LogP contribution < -0.4 is 5.32 Å². The van der Waals surface area contributed by atoms with Gasteiger partial charge >= 0.3 is 0 Å². The molecule has 1 aliphatic heterocycles. The van der Waals surface area contributed by atoms with Gasteiger partial charge in [-0.2, -0.15) is 0 Å². The Balaban J connectivity index is 1.76. The van der Waals surface area contributed by atoms with Crippen molar-refractivity contribution >= 4 is 34.7 Å². The van der Waals surface area contributed by atoms with Crippen LogP contribution in [0.5, 0.6) is 0 Å². The number of nitrogens with one attached hydrogen (secondary N) is 1. The van der Waals surface area contributed by atoms with Gasteiger partial charge in [-0.3, -0.25) is 14.5 Å². The molecular weight excluding hydrogens is 422 g/mol. The van der Waals surface area contributed by atoms with Crippen molar-refractivity contribution in [1.82, 2.24) is 4.90 Å². The molecule has 7 heteroatoms. The van der Waals surface area contributed by atoms with E-state index in [1.54, 1.807) is 25.1 Å². The molecule has 0 bridgehead atoms. The van der Waals surface area contributed by atoms with E-state index in [9.17, 15) is 18.4 Å². The molecule has 31 heavy (non-hydrogen) atoms. The van der Waals surface area contributed by atoms with Crippen LogP contribution in [0.4, 0.5) is 14.5 Å². The molecule has 0 radical (unpaired) electrons. The summed E-state index contributed by atoms with van der Waals surface area (Å²) in [5.41, 5.74) is 2.50. The normalized spacial score (nSPS) is 13.9. The first-order valence-electron chi connectivity index (χ1n) is 9.48. The molecular formula is C24H17ClF2N2O2. The molecule has 0 saturated carbocycles. The van der Waals surface area contributed by atoms with E-state index < -0.39 is 23.4 Å². The fourth-order valence-electron chi connectivity index (χ4n) is 3.37. The first-order chi connectivity index (χ1) is 14.8. The summed E-state index contributed by atoms with van der Waals surface area (Å²) < 4.78 is 26.7. The Morgan fingerprint density at radius 2 is 1.48 bits per heavy atom. The molecule has 0 atom stereocenters. The third-order valence-corrected chi connectivity index (χ3v) is 5.49.